The number of benzene rings is 2. The van der Waals surface area contributed by atoms with E-state index in [9.17, 15) is 19.2 Å². The van der Waals surface area contributed by atoms with Crippen LogP contribution >= 0.6 is 0 Å². The van der Waals surface area contributed by atoms with Crippen LogP contribution in [0.3, 0.4) is 0 Å². The molecule has 220 valence electrons. The summed E-state index contributed by atoms with van der Waals surface area (Å²) < 4.78 is 7.56. The first kappa shape index (κ1) is 26.6. The zero-order valence-electron chi connectivity index (χ0n) is 22.9. The maximum absolute atomic E-state index is 13.5. The summed E-state index contributed by atoms with van der Waals surface area (Å²) in [4.78, 5) is 55.0. The van der Waals surface area contributed by atoms with E-state index in [1.165, 1.54) is 10.6 Å². The fraction of sp³-hybridized carbons (Fsp3) is 0.185. The Hall–Kier alpha value is -6.26. The number of H-pyrrole nitrogens is 1. The number of carbonyl (C=O) groups excluding carboxylic acids is 3. The SMILES string of the molecule is Cn1c(=O)oc2ccc(CNC(=O)c3cc(C(=O)N[C@H]4CCc5cc(-c6nn[nH]n6)ccc54)nc4c(C(N)=O)nnn34)cc21. The quantitative estimate of drug-likeness (QED) is 0.195. The fourth-order valence-corrected chi connectivity index (χ4v) is 5.29. The van der Waals surface area contributed by atoms with Gasteiger partial charge in [-0.15, -0.1) is 15.3 Å². The lowest BCUT2D eigenvalue weighted by atomic mass is 10.0. The molecule has 1 atom stereocenters. The van der Waals surface area contributed by atoms with Gasteiger partial charge in [0.15, 0.2) is 16.9 Å². The Morgan fingerprint density at radius 1 is 1.11 bits per heavy atom. The number of aromatic nitrogens is 9. The predicted octanol–water partition coefficient (Wildman–Crippen LogP) is 0.196. The molecule has 4 heterocycles. The minimum absolute atomic E-state index is 0.0710. The molecule has 0 fully saturated rings. The van der Waals surface area contributed by atoms with Crippen LogP contribution in [0.2, 0.25) is 0 Å². The van der Waals surface area contributed by atoms with Crippen molar-refractivity contribution in [3.63, 3.8) is 0 Å². The largest absolute Gasteiger partial charge is 0.419 e. The van der Waals surface area contributed by atoms with E-state index in [2.05, 4.69) is 46.6 Å². The molecule has 17 nitrogen and oxygen atoms in total. The van der Waals surface area contributed by atoms with E-state index in [4.69, 9.17) is 10.2 Å². The maximum atomic E-state index is 13.5. The monoisotopic (exact) mass is 594 g/mol. The Morgan fingerprint density at radius 2 is 1.98 bits per heavy atom. The van der Waals surface area contributed by atoms with Crippen LogP contribution in [0.15, 0.2) is 51.7 Å². The van der Waals surface area contributed by atoms with Crippen LogP contribution in [0, 0.1) is 0 Å². The molecule has 0 aliphatic heterocycles. The third-order valence-corrected chi connectivity index (χ3v) is 7.51. The van der Waals surface area contributed by atoms with Gasteiger partial charge in [-0.05, 0) is 52.9 Å². The Bertz CT molecular complexity index is 2180. The molecule has 0 spiro atoms. The highest BCUT2D eigenvalue weighted by atomic mass is 16.4. The third kappa shape index (κ3) is 4.52. The summed E-state index contributed by atoms with van der Waals surface area (Å²) in [5, 5.41) is 27.4. The lowest BCUT2D eigenvalue weighted by molar-refractivity contribution is 0.0929. The molecule has 44 heavy (non-hydrogen) atoms. The van der Waals surface area contributed by atoms with Gasteiger partial charge in [0, 0.05) is 25.2 Å². The zero-order chi connectivity index (χ0) is 30.5. The highest BCUT2D eigenvalue weighted by Gasteiger charge is 2.28. The van der Waals surface area contributed by atoms with Crippen molar-refractivity contribution in [2.24, 2.45) is 12.8 Å². The second kappa shape index (κ2) is 10.2. The van der Waals surface area contributed by atoms with E-state index in [0.717, 1.165) is 21.2 Å². The summed E-state index contributed by atoms with van der Waals surface area (Å²) in [7, 11) is 1.58. The minimum Gasteiger partial charge on any atom is -0.408 e. The first-order valence-corrected chi connectivity index (χ1v) is 13.4. The fourth-order valence-electron chi connectivity index (χ4n) is 5.29. The molecule has 0 unspecified atom stereocenters. The van der Waals surface area contributed by atoms with Crippen molar-refractivity contribution in [1.82, 2.24) is 55.6 Å². The summed E-state index contributed by atoms with van der Waals surface area (Å²) >= 11 is 0. The summed E-state index contributed by atoms with van der Waals surface area (Å²) in [5.74, 6) is -2.14. The van der Waals surface area contributed by atoms with Gasteiger partial charge in [-0.1, -0.05) is 23.4 Å². The second-order valence-electron chi connectivity index (χ2n) is 10.2. The predicted molar refractivity (Wildman–Crippen MR) is 150 cm³/mol. The average Bonchev–Trinajstić information content (AvgIpc) is 3.83. The van der Waals surface area contributed by atoms with E-state index < -0.39 is 23.5 Å². The number of aromatic amines is 1. The standard InChI is InChI=1S/C27H22N12O5/c1-38-18-8-12(2-7-20(18)44-27(38)43)11-29-26(42)19-10-17(30-24-21(22(28)40)32-37-39(19)24)25(41)31-16-6-4-13-9-14(3-5-15(13)16)23-33-35-36-34-23/h2-3,5,7-10,16H,4,6,11H2,1H3,(H2,28,40)(H,29,42)(H,31,41)(H,33,34,35,36)/t16-/m0/s1. The molecular formula is C27H22N12O5. The number of carbonyl (C=O) groups is 3. The molecule has 1 aliphatic carbocycles. The number of aryl methyl sites for hydroxylation is 2. The van der Waals surface area contributed by atoms with E-state index in [0.29, 0.717) is 35.3 Å². The van der Waals surface area contributed by atoms with Crippen LogP contribution in [0.5, 0.6) is 0 Å². The van der Waals surface area contributed by atoms with Gasteiger partial charge in [0.2, 0.25) is 5.82 Å². The summed E-state index contributed by atoms with van der Waals surface area (Å²) in [6.07, 6.45) is 1.35. The normalized spacial score (nSPS) is 14.2. The van der Waals surface area contributed by atoms with Crippen LogP contribution in [-0.2, 0) is 20.0 Å². The highest BCUT2D eigenvalue weighted by Crippen LogP contribution is 2.33. The molecule has 1 aliphatic rings. The average molecular weight is 595 g/mol. The van der Waals surface area contributed by atoms with Crippen molar-refractivity contribution >= 4 is 34.5 Å². The summed E-state index contributed by atoms with van der Waals surface area (Å²) in [6.45, 7) is 0.0710. The summed E-state index contributed by atoms with van der Waals surface area (Å²) in [6, 6.07) is 11.7. The molecule has 4 aromatic heterocycles. The number of oxazole rings is 1. The first-order chi connectivity index (χ1) is 21.3. The minimum atomic E-state index is -0.919. The number of fused-ring (bicyclic) bond motifs is 3. The topological polar surface area (TPSA) is 234 Å². The molecule has 6 aromatic rings. The second-order valence-corrected chi connectivity index (χ2v) is 10.2. The number of nitrogens with one attached hydrogen (secondary N) is 3. The Labute approximate surface area is 245 Å². The number of tetrazole rings is 1. The number of nitrogens with two attached hydrogens (primary N) is 1. The van der Waals surface area contributed by atoms with Gasteiger partial charge in [0.1, 0.15) is 11.4 Å². The zero-order valence-corrected chi connectivity index (χ0v) is 22.9. The smallest absolute Gasteiger partial charge is 0.408 e. The summed E-state index contributed by atoms with van der Waals surface area (Å²) in [5.41, 5.74) is 9.24. The lowest BCUT2D eigenvalue weighted by Crippen LogP contribution is -2.30. The van der Waals surface area contributed by atoms with Gasteiger partial charge in [-0.2, -0.15) is 9.73 Å². The van der Waals surface area contributed by atoms with E-state index in [-0.39, 0.29) is 35.3 Å². The Kier molecular flexibility index (Phi) is 6.19. The molecule has 0 bridgehead atoms. The molecule has 0 radical (unpaired) electrons. The number of nitrogens with zero attached hydrogens (tertiary/aromatic N) is 8. The number of rotatable bonds is 7. The molecular weight excluding hydrogens is 572 g/mol. The first-order valence-electron chi connectivity index (χ1n) is 13.4. The van der Waals surface area contributed by atoms with Crippen molar-refractivity contribution in [3.8, 4) is 11.4 Å². The van der Waals surface area contributed by atoms with Crippen molar-refractivity contribution in [3.05, 3.63) is 86.8 Å². The number of amides is 3. The lowest BCUT2D eigenvalue weighted by Gasteiger charge is -2.15. The van der Waals surface area contributed by atoms with E-state index in [1.54, 1.807) is 25.2 Å². The van der Waals surface area contributed by atoms with Gasteiger partial charge in [-0.25, -0.2) is 9.78 Å². The molecule has 2 aromatic carbocycles. The van der Waals surface area contributed by atoms with Gasteiger partial charge >= 0.3 is 5.76 Å². The highest BCUT2D eigenvalue weighted by molar-refractivity contribution is 6.01. The van der Waals surface area contributed by atoms with E-state index in [1.807, 2.05) is 18.2 Å². The van der Waals surface area contributed by atoms with Crippen LogP contribution in [0.25, 0.3) is 28.1 Å². The maximum Gasteiger partial charge on any atom is 0.419 e. The molecule has 17 heteroatoms. The van der Waals surface area contributed by atoms with Gasteiger partial charge in [0.05, 0.1) is 11.6 Å². The van der Waals surface area contributed by atoms with E-state index >= 15 is 0 Å². The molecule has 5 N–H and O–H groups in total. The van der Waals surface area contributed by atoms with Crippen LogP contribution < -0.4 is 22.1 Å². The van der Waals surface area contributed by atoms with Crippen molar-refractivity contribution < 1.29 is 18.8 Å². The van der Waals surface area contributed by atoms with Crippen LogP contribution in [0.1, 0.15) is 60.6 Å². The van der Waals surface area contributed by atoms with Gasteiger partial charge in [0.25, 0.3) is 17.7 Å². The van der Waals surface area contributed by atoms with Crippen molar-refractivity contribution in [2.45, 2.75) is 25.4 Å². The Morgan fingerprint density at radius 3 is 2.77 bits per heavy atom. The molecule has 0 saturated carbocycles. The van der Waals surface area contributed by atoms with Gasteiger partial charge in [-0.3, -0.25) is 19.0 Å². The van der Waals surface area contributed by atoms with Crippen LogP contribution in [0.4, 0.5) is 0 Å². The van der Waals surface area contributed by atoms with Crippen molar-refractivity contribution in [2.75, 3.05) is 0 Å². The number of primary amides is 1. The van der Waals surface area contributed by atoms with Crippen molar-refractivity contribution in [1.29, 1.82) is 0 Å². The molecule has 7 rings (SSSR count). The number of hydrogen-bond donors (Lipinski definition) is 4. The number of hydrogen-bond acceptors (Lipinski definition) is 11. The molecule has 0 saturated heterocycles. The van der Waals surface area contributed by atoms with Gasteiger partial charge < -0.3 is 20.8 Å². The molecule has 3 amide bonds. The third-order valence-electron chi connectivity index (χ3n) is 7.51. The Balaban J connectivity index is 1.16. The van der Waals surface area contributed by atoms with Crippen LogP contribution in [-0.4, -0.2) is 62.7 Å².